The number of hydrogen-bond acceptors (Lipinski definition) is 6. The summed E-state index contributed by atoms with van der Waals surface area (Å²) in [4.78, 5) is 6.41. The Kier molecular flexibility index (Phi) is 6.58. The van der Waals surface area contributed by atoms with Gasteiger partial charge in [0.05, 0.1) is 12.4 Å². The van der Waals surface area contributed by atoms with Crippen LogP contribution in [0.2, 0.25) is 0 Å². The number of ether oxygens (including phenoxy) is 2. The van der Waals surface area contributed by atoms with Crippen molar-refractivity contribution in [3.63, 3.8) is 0 Å². The molecular formula is C25H30N4O4S. The third-order valence-electron chi connectivity index (χ3n) is 6.53. The highest BCUT2D eigenvalue weighted by atomic mass is 32.2. The molecule has 8 nitrogen and oxygen atoms in total. The average Bonchev–Trinajstić information content (AvgIpc) is 3.25. The van der Waals surface area contributed by atoms with Crippen molar-refractivity contribution in [2.24, 2.45) is 7.05 Å². The van der Waals surface area contributed by atoms with Gasteiger partial charge in [-0.05, 0) is 49.7 Å². The van der Waals surface area contributed by atoms with Gasteiger partial charge in [-0.1, -0.05) is 30.3 Å². The van der Waals surface area contributed by atoms with Gasteiger partial charge in [0.15, 0.2) is 5.03 Å². The molecule has 2 atom stereocenters. The number of hydrogen-bond donors (Lipinski definition) is 1. The van der Waals surface area contributed by atoms with E-state index in [1.165, 1.54) is 24.5 Å². The molecule has 2 aromatic carbocycles. The average molecular weight is 483 g/mol. The topological polar surface area (TPSA) is 85.7 Å². The summed E-state index contributed by atoms with van der Waals surface area (Å²) in [5.74, 6) is 1.92. The Morgan fingerprint density at radius 2 is 2.00 bits per heavy atom. The summed E-state index contributed by atoms with van der Waals surface area (Å²) in [6, 6.07) is 16.8. The standard InChI is InChI=1S/C25H30N4O4S/c1-28-16-25(26-18-28)34(30,31)27-10-13-32-20-8-9-24-22(15-20)21(14-19-6-3-2-4-7-19)23(17-33-24)29-11-5-12-29/h2-4,6-9,15-16,18,21,23,27H,5,10-14,17H2,1H3. The molecule has 2 unspecified atom stereocenters. The molecule has 3 aromatic rings. The summed E-state index contributed by atoms with van der Waals surface area (Å²) in [6.07, 6.45) is 5.10. The molecule has 1 N–H and O–H groups in total. The second-order valence-corrected chi connectivity index (χ2v) is 10.6. The van der Waals surface area contributed by atoms with Crippen molar-refractivity contribution in [2.45, 2.75) is 29.8 Å². The summed E-state index contributed by atoms with van der Waals surface area (Å²) in [7, 11) is -1.92. The van der Waals surface area contributed by atoms with Crippen molar-refractivity contribution >= 4 is 10.0 Å². The fraction of sp³-hybridized carbons (Fsp3) is 0.400. The molecule has 5 rings (SSSR count). The molecule has 2 aliphatic rings. The lowest BCUT2D eigenvalue weighted by atomic mass is 9.82. The number of aromatic nitrogens is 2. The first-order valence-electron chi connectivity index (χ1n) is 11.6. The zero-order valence-corrected chi connectivity index (χ0v) is 20.1. The molecule has 1 aromatic heterocycles. The van der Waals surface area contributed by atoms with Crippen LogP contribution in [0.4, 0.5) is 0 Å². The van der Waals surface area contributed by atoms with Crippen LogP contribution in [0.1, 0.15) is 23.5 Å². The van der Waals surface area contributed by atoms with E-state index < -0.39 is 10.0 Å². The van der Waals surface area contributed by atoms with E-state index in [0.29, 0.717) is 24.3 Å². The van der Waals surface area contributed by atoms with Crippen LogP contribution < -0.4 is 14.2 Å². The van der Waals surface area contributed by atoms with Crippen molar-refractivity contribution < 1.29 is 17.9 Å². The Labute approximate surface area is 200 Å². The Morgan fingerprint density at radius 3 is 2.71 bits per heavy atom. The van der Waals surface area contributed by atoms with Gasteiger partial charge in [0.2, 0.25) is 0 Å². The molecule has 0 amide bonds. The molecule has 2 aliphatic heterocycles. The molecule has 0 aliphatic carbocycles. The molecule has 3 heterocycles. The van der Waals surface area contributed by atoms with Crippen LogP contribution in [-0.2, 0) is 23.5 Å². The number of rotatable bonds is 9. The number of likely N-dealkylation sites (tertiary alicyclic amines) is 1. The molecule has 0 bridgehead atoms. The number of nitrogens with zero attached hydrogens (tertiary/aromatic N) is 3. The highest BCUT2D eigenvalue weighted by Crippen LogP contribution is 2.41. The summed E-state index contributed by atoms with van der Waals surface area (Å²) in [5, 5.41) is 0.00159. The maximum absolute atomic E-state index is 12.3. The van der Waals surface area contributed by atoms with Crippen LogP contribution in [0.5, 0.6) is 11.5 Å². The third kappa shape index (κ3) is 4.96. The van der Waals surface area contributed by atoms with Gasteiger partial charge < -0.3 is 14.0 Å². The predicted molar refractivity (Wildman–Crippen MR) is 129 cm³/mol. The van der Waals surface area contributed by atoms with E-state index in [-0.39, 0.29) is 18.2 Å². The molecule has 0 radical (unpaired) electrons. The van der Waals surface area contributed by atoms with Crippen LogP contribution in [0, 0.1) is 0 Å². The number of imidazole rings is 1. The molecule has 0 saturated carbocycles. The van der Waals surface area contributed by atoms with Crippen molar-refractivity contribution in [3.05, 3.63) is 72.2 Å². The number of nitrogens with one attached hydrogen (secondary N) is 1. The minimum Gasteiger partial charge on any atom is -0.492 e. The van der Waals surface area contributed by atoms with Crippen molar-refractivity contribution in [2.75, 3.05) is 32.8 Å². The van der Waals surface area contributed by atoms with E-state index in [4.69, 9.17) is 9.47 Å². The summed E-state index contributed by atoms with van der Waals surface area (Å²) in [5.41, 5.74) is 2.46. The Morgan fingerprint density at radius 1 is 1.18 bits per heavy atom. The third-order valence-corrected chi connectivity index (χ3v) is 7.88. The van der Waals surface area contributed by atoms with E-state index in [9.17, 15) is 8.42 Å². The van der Waals surface area contributed by atoms with Crippen molar-refractivity contribution in [1.82, 2.24) is 19.2 Å². The monoisotopic (exact) mass is 482 g/mol. The molecule has 1 fully saturated rings. The van der Waals surface area contributed by atoms with Crippen LogP contribution in [0.3, 0.4) is 0 Å². The molecule has 34 heavy (non-hydrogen) atoms. The molecule has 9 heteroatoms. The van der Waals surface area contributed by atoms with Crippen LogP contribution >= 0.6 is 0 Å². The first-order valence-corrected chi connectivity index (χ1v) is 13.1. The lowest BCUT2D eigenvalue weighted by molar-refractivity contribution is 0.0500. The van der Waals surface area contributed by atoms with Gasteiger partial charge in [0.25, 0.3) is 10.0 Å². The normalized spacial score (nSPS) is 20.3. The van der Waals surface area contributed by atoms with Gasteiger partial charge in [0, 0.05) is 31.3 Å². The van der Waals surface area contributed by atoms with Gasteiger partial charge >= 0.3 is 0 Å². The molecule has 1 saturated heterocycles. The van der Waals surface area contributed by atoms with Crippen LogP contribution in [-0.4, -0.2) is 61.8 Å². The smallest absolute Gasteiger partial charge is 0.259 e. The molecule has 180 valence electrons. The van der Waals surface area contributed by atoms with Crippen molar-refractivity contribution in [1.29, 1.82) is 0 Å². The summed E-state index contributed by atoms with van der Waals surface area (Å²) in [6.45, 7) is 3.28. The Hall–Kier alpha value is -2.88. The van der Waals surface area contributed by atoms with Gasteiger partial charge in [-0.3, -0.25) is 4.90 Å². The van der Waals surface area contributed by atoms with E-state index >= 15 is 0 Å². The zero-order chi connectivity index (χ0) is 23.5. The first-order chi connectivity index (χ1) is 16.5. The fourth-order valence-corrected chi connectivity index (χ4v) is 5.62. The molecular weight excluding hydrogens is 452 g/mol. The highest BCUT2D eigenvalue weighted by Gasteiger charge is 2.37. The first kappa shape index (κ1) is 22.9. The van der Waals surface area contributed by atoms with Crippen LogP contribution in [0.25, 0.3) is 0 Å². The van der Waals surface area contributed by atoms with Gasteiger partial charge in [-0.25, -0.2) is 18.1 Å². The second kappa shape index (κ2) is 9.77. The van der Waals surface area contributed by atoms with E-state index in [1.807, 2.05) is 18.2 Å². The fourth-order valence-electron chi connectivity index (χ4n) is 4.63. The van der Waals surface area contributed by atoms with Gasteiger partial charge in [0.1, 0.15) is 24.7 Å². The minimum absolute atomic E-state index is 0.00159. The minimum atomic E-state index is -3.65. The zero-order valence-electron chi connectivity index (χ0n) is 19.3. The quantitative estimate of drug-likeness (QED) is 0.472. The predicted octanol–water partition coefficient (Wildman–Crippen LogP) is 2.57. The van der Waals surface area contributed by atoms with Gasteiger partial charge in [-0.2, -0.15) is 0 Å². The number of benzene rings is 2. The van der Waals surface area contributed by atoms with Gasteiger partial charge in [-0.15, -0.1) is 0 Å². The maximum atomic E-state index is 12.3. The number of aryl methyl sites for hydroxylation is 1. The molecule has 0 spiro atoms. The van der Waals surface area contributed by atoms with Crippen LogP contribution in [0.15, 0.2) is 66.1 Å². The highest BCUT2D eigenvalue weighted by molar-refractivity contribution is 7.89. The Bertz CT molecular complexity index is 1220. The lowest BCUT2D eigenvalue weighted by Gasteiger charge is -2.45. The van der Waals surface area contributed by atoms with E-state index in [2.05, 4.69) is 44.9 Å². The number of sulfonamides is 1. The summed E-state index contributed by atoms with van der Waals surface area (Å²) < 4.78 is 40.9. The Balaban J connectivity index is 1.28. The maximum Gasteiger partial charge on any atom is 0.259 e. The second-order valence-electron chi connectivity index (χ2n) is 8.89. The van der Waals surface area contributed by atoms with E-state index in [0.717, 1.165) is 30.8 Å². The van der Waals surface area contributed by atoms with Crippen molar-refractivity contribution in [3.8, 4) is 11.5 Å². The lowest BCUT2D eigenvalue weighted by Crippen LogP contribution is -2.52. The SMILES string of the molecule is Cn1cnc(S(=O)(=O)NCCOc2ccc3c(c2)C(Cc2ccccc2)C(N2CCC2)CO3)c1. The van der Waals surface area contributed by atoms with E-state index in [1.54, 1.807) is 11.6 Å². The number of fused-ring (bicyclic) bond motifs is 1. The summed E-state index contributed by atoms with van der Waals surface area (Å²) >= 11 is 0. The largest absolute Gasteiger partial charge is 0.492 e.